The number of Topliss-reactive ketones (excluding diaryl/α,β-unsaturated/α-hetero) is 1. The third kappa shape index (κ3) is 4.02. The molecular formula is C13H23ClN2OS. The smallest absolute Gasteiger partial charge is 0.318 e. The molecule has 0 amide bonds. The zero-order valence-corrected chi connectivity index (χ0v) is 13.5. The Morgan fingerprint density at radius 2 is 2.00 bits per heavy atom. The third-order valence-electron chi connectivity index (χ3n) is 3.28. The van der Waals surface area contributed by atoms with Crippen molar-refractivity contribution in [1.29, 1.82) is 0 Å². The van der Waals surface area contributed by atoms with Gasteiger partial charge in [0.05, 0.1) is 19.8 Å². The first-order chi connectivity index (χ1) is 7.99. The lowest BCUT2D eigenvalue weighted by Crippen LogP contribution is -3.00. The van der Waals surface area contributed by atoms with Crippen LogP contribution < -0.4 is 17.0 Å². The summed E-state index contributed by atoms with van der Waals surface area (Å²) in [7, 11) is 4.11. The zero-order chi connectivity index (χ0) is 13.0. The maximum absolute atomic E-state index is 11.7. The summed E-state index contributed by atoms with van der Waals surface area (Å²) in [5, 5.41) is 1.16. The van der Waals surface area contributed by atoms with Gasteiger partial charge in [-0.05, 0) is 18.2 Å². The fraction of sp³-hybridized carbons (Fsp3) is 0.692. The van der Waals surface area contributed by atoms with Gasteiger partial charge in [-0.3, -0.25) is 4.79 Å². The van der Waals surface area contributed by atoms with Crippen molar-refractivity contribution in [1.82, 2.24) is 4.57 Å². The topological polar surface area (TPSA) is 25.9 Å². The number of thioether (sulfide) groups is 1. The molecule has 18 heavy (non-hydrogen) atoms. The molecule has 0 N–H and O–H groups in total. The lowest BCUT2D eigenvalue weighted by atomic mass is 10.2. The van der Waals surface area contributed by atoms with E-state index in [4.69, 9.17) is 0 Å². The van der Waals surface area contributed by atoms with Crippen LogP contribution in [0.4, 0.5) is 0 Å². The molecule has 0 spiro atoms. The van der Waals surface area contributed by atoms with Gasteiger partial charge in [-0.1, -0.05) is 13.3 Å². The normalized spacial score (nSPS) is 10.3. The number of imidazole rings is 1. The Labute approximate surface area is 120 Å². The van der Waals surface area contributed by atoms with Crippen molar-refractivity contribution < 1.29 is 21.8 Å². The first-order valence-electron chi connectivity index (χ1n) is 6.15. The van der Waals surface area contributed by atoms with Crippen LogP contribution in [0.25, 0.3) is 0 Å². The van der Waals surface area contributed by atoms with E-state index in [1.165, 1.54) is 11.4 Å². The summed E-state index contributed by atoms with van der Waals surface area (Å²) in [5.41, 5.74) is 2.52. The average molecular weight is 291 g/mol. The highest BCUT2D eigenvalue weighted by Gasteiger charge is 2.21. The Balaban J connectivity index is 0.00000289. The molecule has 0 aliphatic rings. The quantitative estimate of drug-likeness (QED) is 0.513. The molecular weight excluding hydrogens is 268 g/mol. The van der Waals surface area contributed by atoms with Crippen LogP contribution in [0.1, 0.15) is 37.6 Å². The zero-order valence-electron chi connectivity index (χ0n) is 11.9. The summed E-state index contributed by atoms with van der Waals surface area (Å²) in [6, 6.07) is 0. The van der Waals surface area contributed by atoms with Crippen molar-refractivity contribution >= 4 is 17.5 Å². The second-order valence-electron chi connectivity index (χ2n) is 4.50. The van der Waals surface area contributed by atoms with Crippen LogP contribution in [-0.2, 0) is 18.9 Å². The van der Waals surface area contributed by atoms with Crippen molar-refractivity contribution in [2.24, 2.45) is 14.1 Å². The summed E-state index contributed by atoms with van der Waals surface area (Å²) in [6.07, 6.45) is 2.82. The van der Waals surface area contributed by atoms with Crippen LogP contribution in [0.3, 0.4) is 0 Å². The predicted octanol–water partition coefficient (Wildman–Crippen LogP) is -0.678. The van der Waals surface area contributed by atoms with Crippen molar-refractivity contribution in [3.63, 3.8) is 0 Å². The number of halogens is 1. The molecule has 0 aliphatic heterocycles. The second-order valence-corrected chi connectivity index (χ2v) is 5.44. The third-order valence-corrected chi connectivity index (χ3v) is 4.55. The molecule has 1 heterocycles. The van der Waals surface area contributed by atoms with E-state index in [0.29, 0.717) is 11.5 Å². The fourth-order valence-electron chi connectivity index (χ4n) is 1.78. The number of hydrogen-bond acceptors (Lipinski definition) is 2. The monoisotopic (exact) mass is 290 g/mol. The van der Waals surface area contributed by atoms with Gasteiger partial charge in [-0.25, -0.2) is 9.13 Å². The van der Waals surface area contributed by atoms with E-state index in [2.05, 4.69) is 44.0 Å². The van der Waals surface area contributed by atoms with E-state index in [0.717, 1.165) is 24.4 Å². The Kier molecular flexibility index (Phi) is 7.64. The van der Waals surface area contributed by atoms with E-state index in [9.17, 15) is 4.79 Å². The number of unbranched alkanes of at least 4 members (excludes halogenated alkanes) is 1. The van der Waals surface area contributed by atoms with Crippen LogP contribution in [0.15, 0.2) is 5.16 Å². The number of carbonyl (C=O) groups is 1. The summed E-state index contributed by atoms with van der Waals surface area (Å²) >= 11 is 1.64. The van der Waals surface area contributed by atoms with Gasteiger partial charge in [-0.2, -0.15) is 0 Å². The van der Waals surface area contributed by atoms with E-state index in [-0.39, 0.29) is 12.4 Å². The molecule has 0 unspecified atom stereocenters. The Hall–Kier alpha value is -0.480. The fourth-order valence-corrected chi connectivity index (χ4v) is 2.88. The molecule has 0 saturated heterocycles. The van der Waals surface area contributed by atoms with Crippen molar-refractivity contribution in [2.75, 3.05) is 5.75 Å². The first-order valence-corrected chi connectivity index (χ1v) is 7.14. The Morgan fingerprint density at radius 1 is 1.39 bits per heavy atom. The van der Waals surface area contributed by atoms with Gasteiger partial charge >= 0.3 is 5.16 Å². The highest BCUT2D eigenvalue weighted by molar-refractivity contribution is 7.99. The molecule has 1 rings (SSSR count). The molecule has 1 aromatic rings. The summed E-state index contributed by atoms with van der Waals surface area (Å²) < 4.78 is 4.32. The minimum Gasteiger partial charge on any atom is -1.00 e. The molecule has 0 saturated carbocycles. The van der Waals surface area contributed by atoms with E-state index in [1.807, 2.05) is 0 Å². The van der Waals surface area contributed by atoms with Crippen LogP contribution in [0, 0.1) is 13.8 Å². The number of rotatable bonds is 6. The molecule has 3 nitrogen and oxygen atoms in total. The predicted molar refractivity (Wildman–Crippen MR) is 71.3 cm³/mol. The lowest BCUT2D eigenvalue weighted by molar-refractivity contribution is -0.715. The van der Waals surface area contributed by atoms with E-state index >= 15 is 0 Å². The largest absolute Gasteiger partial charge is 1.00 e. The highest BCUT2D eigenvalue weighted by Crippen LogP contribution is 2.18. The number of aromatic nitrogens is 2. The Bertz CT molecular complexity index is 390. The number of hydrogen-bond donors (Lipinski definition) is 0. The maximum Gasteiger partial charge on any atom is 0.318 e. The van der Waals surface area contributed by atoms with Gasteiger partial charge in [0.1, 0.15) is 17.2 Å². The van der Waals surface area contributed by atoms with Gasteiger partial charge < -0.3 is 12.4 Å². The van der Waals surface area contributed by atoms with Gasteiger partial charge in [0.2, 0.25) is 0 Å². The van der Waals surface area contributed by atoms with Gasteiger partial charge in [-0.15, -0.1) is 0 Å². The molecule has 0 bridgehead atoms. The lowest BCUT2D eigenvalue weighted by Gasteiger charge is -1.99. The molecule has 5 heteroatoms. The molecule has 1 aromatic heterocycles. The van der Waals surface area contributed by atoms with Gasteiger partial charge in [0.25, 0.3) is 0 Å². The molecule has 0 radical (unpaired) electrons. The summed E-state index contributed by atoms with van der Waals surface area (Å²) in [6.45, 7) is 6.33. The van der Waals surface area contributed by atoms with E-state index < -0.39 is 0 Å². The molecule has 0 atom stereocenters. The van der Waals surface area contributed by atoms with Gasteiger partial charge in [0.15, 0.2) is 0 Å². The number of carbonyl (C=O) groups excluding carboxylic acids is 1. The maximum atomic E-state index is 11.7. The van der Waals surface area contributed by atoms with Crippen LogP contribution in [0.2, 0.25) is 0 Å². The summed E-state index contributed by atoms with van der Waals surface area (Å²) in [4.78, 5) is 11.7. The van der Waals surface area contributed by atoms with Crippen molar-refractivity contribution in [3.05, 3.63) is 11.4 Å². The molecule has 0 aliphatic carbocycles. The first kappa shape index (κ1) is 17.5. The minimum atomic E-state index is 0. The molecule has 0 aromatic carbocycles. The van der Waals surface area contributed by atoms with Crippen molar-refractivity contribution in [2.45, 2.75) is 45.2 Å². The van der Waals surface area contributed by atoms with Crippen LogP contribution >= 0.6 is 11.8 Å². The van der Waals surface area contributed by atoms with Crippen molar-refractivity contribution in [3.8, 4) is 0 Å². The molecule has 104 valence electrons. The second kappa shape index (κ2) is 7.85. The average Bonchev–Trinajstić information content (AvgIpc) is 2.49. The highest BCUT2D eigenvalue weighted by atomic mass is 35.5. The van der Waals surface area contributed by atoms with E-state index in [1.54, 1.807) is 11.8 Å². The standard InChI is InChI=1S/C13H23N2OS.ClH/c1-6-7-8-12(16)9-17-13-14(4)10(2)11(3)15(13)5;/h6-9H2,1-5H3;1H/q+1;/p-1. The number of ketones is 1. The molecule has 0 fully saturated rings. The van der Waals surface area contributed by atoms with Crippen LogP contribution in [-0.4, -0.2) is 16.1 Å². The van der Waals surface area contributed by atoms with Gasteiger partial charge in [0, 0.05) is 20.3 Å². The Morgan fingerprint density at radius 3 is 2.44 bits per heavy atom. The number of nitrogens with zero attached hydrogens (tertiary/aromatic N) is 2. The SMILES string of the molecule is CCCCC(=O)CSc1n(C)c(C)c(C)[n+]1C.[Cl-]. The van der Waals surface area contributed by atoms with Crippen LogP contribution in [0.5, 0.6) is 0 Å². The minimum absolute atomic E-state index is 0. The summed E-state index contributed by atoms with van der Waals surface area (Å²) in [5.74, 6) is 0.943.